The van der Waals surface area contributed by atoms with Crippen LogP contribution < -0.4 is 5.63 Å². The van der Waals surface area contributed by atoms with Crippen molar-refractivity contribution in [2.75, 3.05) is 6.61 Å². The van der Waals surface area contributed by atoms with Crippen LogP contribution in [-0.4, -0.2) is 17.7 Å². The number of hydrogen-bond donors (Lipinski definition) is 1. The molecule has 0 spiro atoms. The summed E-state index contributed by atoms with van der Waals surface area (Å²) in [4.78, 5) is 23.4. The van der Waals surface area contributed by atoms with Gasteiger partial charge in [-0.25, -0.2) is 9.59 Å². The van der Waals surface area contributed by atoms with Crippen LogP contribution in [0.2, 0.25) is 0 Å². The van der Waals surface area contributed by atoms with Crippen molar-refractivity contribution in [3.63, 3.8) is 0 Å². The maximum absolute atomic E-state index is 11.7. The zero-order valence-corrected chi connectivity index (χ0v) is 10.0. The summed E-state index contributed by atoms with van der Waals surface area (Å²) < 4.78 is 9.80. The van der Waals surface area contributed by atoms with Gasteiger partial charge in [0.1, 0.15) is 16.9 Å². The standard InChI is InChI=1S/C13H12O5/c1-3-17-12(15)11-7(2)10-8(14)5-4-6-9(10)18-13(11)16/h4-6,14H,3H2,1-2H3. The lowest BCUT2D eigenvalue weighted by Gasteiger charge is -2.07. The molecule has 0 aliphatic heterocycles. The fourth-order valence-corrected chi connectivity index (χ4v) is 1.85. The van der Waals surface area contributed by atoms with Crippen LogP contribution in [0.3, 0.4) is 0 Å². The highest BCUT2D eigenvalue weighted by molar-refractivity contribution is 5.97. The molecule has 0 aliphatic carbocycles. The second-order valence-corrected chi connectivity index (χ2v) is 3.76. The molecule has 2 aromatic rings. The van der Waals surface area contributed by atoms with Crippen LogP contribution in [0, 0.1) is 6.92 Å². The fourth-order valence-electron chi connectivity index (χ4n) is 1.85. The molecule has 1 aromatic heterocycles. The van der Waals surface area contributed by atoms with Crippen LogP contribution in [0.25, 0.3) is 11.0 Å². The monoisotopic (exact) mass is 248 g/mol. The van der Waals surface area contributed by atoms with Gasteiger partial charge in [-0.3, -0.25) is 0 Å². The minimum atomic E-state index is -0.760. The lowest BCUT2D eigenvalue weighted by atomic mass is 10.1. The number of phenols is 1. The van der Waals surface area contributed by atoms with Crippen LogP contribution in [0.1, 0.15) is 22.8 Å². The molecule has 0 amide bonds. The van der Waals surface area contributed by atoms with E-state index in [1.54, 1.807) is 26.0 Å². The molecule has 0 radical (unpaired) electrons. The lowest BCUT2D eigenvalue weighted by molar-refractivity contribution is 0.0521. The van der Waals surface area contributed by atoms with Crippen molar-refractivity contribution < 1.29 is 19.1 Å². The molecule has 5 heteroatoms. The molecular formula is C13H12O5. The zero-order chi connectivity index (χ0) is 13.3. The molecule has 0 saturated heterocycles. The van der Waals surface area contributed by atoms with Gasteiger partial charge in [0.05, 0.1) is 12.0 Å². The number of phenolic OH excluding ortho intramolecular Hbond substituents is 1. The Morgan fingerprint density at radius 3 is 2.83 bits per heavy atom. The van der Waals surface area contributed by atoms with Gasteiger partial charge in [0.2, 0.25) is 0 Å². The summed E-state index contributed by atoms with van der Waals surface area (Å²) in [5, 5.41) is 10.1. The molecule has 0 aliphatic rings. The minimum absolute atomic E-state index is 0.0423. The van der Waals surface area contributed by atoms with Gasteiger partial charge in [-0.1, -0.05) is 6.07 Å². The van der Waals surface area contributed by atoms with Crippen molar-refractivity contribution in [3.8, 4) is 5.75 Å². The Morgan fingerprint density at radius 1 is 1.44 bits per heavy atom. The van der Waals surface area contributed by atoms with E-state index < -0.39 is 11.6 Å². The molecule has 1 heterocycles. The number of fused-ring (bicyclic) bond motifs is 1. The average molecular weight is 248 g/mol. The highest BCUT2D eigenvalue weighted by Crippen LogP contribution is 2.28. The summed E-state index contributed by atoms with van der Waals surface area (Å²) in [5.74, 6) is -0.784. The molecule has 0 atom stereocenters. The second-order valence-electron chi connectivity index (χ2n) is 3.76. The van der Waals surface area contributed by atoms with E-state index in [1.165, 1.54) is 6.07 Å². The van der Waals surface area contributed by atoms with E-state index in [4.69, 9.17) is 9.15 Å². The topological polar surface area (TPSA) is 76.7 Å². The predicted octanol–water partition coefficient (Wildman–Crippen LogP) is 1.98. The van der Waals surface area contributed by atoms with Crippen molar-refractivity contribution >= 4 is 16.9 Å². The van der Waals surface area contributed by atoms with Gasteiger partial charge >= 0.3 is 11.6 Å². The summed E-state index contributed by atoms with van der Waals surface area (Å²) in [6, 6.07) is 4.58. The number of esters is 1. The van der Waals surface area contributed by atoms with Crippen molar-refractivity contribution in [2.24, 2.45) is 0 Å². The fraction of sp³-hybridized carbons (Fsp3) is 0.231. The Balaban J connectivity index is 2.80. The van der Waals surface area contributed by atoms with Gasteiger partial charge < -0.3 is 14.3 Å². The number of rotatable bonds is 2. The highest BCUT2D eigenvalue weighted by atomic mass is 16.5. The van der Waals surface area contributed by atoms with Crippen molar-refractivity contribution in [1.82, 2.24) is 0 Å². The van der Waals surface area contributed by atoms with E-state index in [9.17, 15) is 14.7 Å². The summed E-state index contributed by atoms with van der Waals surface area (Å²) in [6.07, 6.45) is 0. The molecule has 5 nitrogen and oxygen atoms in total. The molecule has 1 aromatic carbocycles. The van der Waals surface area contributed by atoms with E-state index >= 15 is 0 Å². The molecule has 0 saturated carbocycles. The molecule has 18 heavy (non-hydrogen) atoms. The Kier molecular flexibility index (Phi) is 3.06. The summed E-state index contributed by atoms with van der Waals surface area (Å²) in [6.45, 7) is 3.38. The molecule has 94 valence electrons. The quantitative estimate of drug-likeness (QED) is 0.649. The summed E-state index contributed by atoms with van der Waals surface area (Å²) >= 11 is 0. The molecular weight excluding hydrogens is 236 g/mol. The molecule has 1 N–H and O–H groups in total. The van der Waals surface area contributed by atoms with Crippen molar-refractivity contribution in [1.29, 1.82) is 0 Å². The highest BCUT2D eigenvalue weighted by Gasteiger charge is 2.20. The van der Waals surface area contributed by atoms with E-state index in [2.05, 4.69) is 0 Å². The zero-order valence-electron chi connectivity index (χ0n) is 10.0. The molecule has 0 fully saturated rings. The van der Waals surface area contributed by atoms with Gasteiger partial charge in [-0.2, -0.15) is 0 Å². The first-order valence-electron chi connectivity index (χ1n) is 5.48. The number of ether oxygens (including phenoxy) is 1. The molecule has 0 unspecified atom stereocenters. The van der Waals surface area contributed by atoms with Crippen LogP contribution in [-0.2, 0) is 4.74 Å². The molecule has 0 bridgehead atoms. The predicted molar refractivity (Wildman–Crippen MR) is 64.8 cm³/mol. The number of carbonyl (C=O) groups excluding carboxylic acids is 1. The number of aromatic hydroxyl groups is 1. The Hall–Kier alpha value is -2.30. The van der Waals surface area contributed by atoms with Crippen LogP contribution in [0.15, 0.2) is 27.4 Å². The normalized spacial score (nSPS) is 10.6. The van der Waals surface area contributed by atoms with Crippen LogP contribution >= 0.6 is 0 Å². The Bertz CT molecular complexity index is 669. The first-order valence-corrected chi connectivity index (χ1v) is 5.48. The van der Waals surface area contributed by atoms with Gasteiger partial charge in [-0.15, -0.1) is 0 Å². The number of hydrogen-bond acceptors (Lipinski definition) is 5. The van der Waals surface area contributed by atoms with Gasteiger partial charge in [0.25, 0.3) is 0 Å². The number of benzene rings is 1. The first kappa shape index (κ1) is 12.2. The maximum atomic E-state index is 11.7. The van der Waals surface area contributed by atoms with Crippen LogP contribution in [0.4, 0.5) is 0 Å². The molecule has 2 rings (SSSR count). The third kappa shape index (κ3) is 1.84. The van der Waals surface area contributed by atoms with E-state index in [-0.39, 0.29) is 23.5 Å². The van der Waals surface area contributed by atoms with Gasteiger partial charge in [-0.05, 0) is 31.5 Å². The van der Waals surface area contributed by atoms with Crippen molar-refractivity contribution in [3.05, 3.63) is 39.7 Å². The third-order valence-electron chi connectivity index (χ3n) is 2.64. The van der Waals surface area contributed by atoms with Crippen molar-refractivity contribution in [2.45, 2.75) is 13.8 Å². The average Bonchev–Trinajstić information content (AvgIpc) is 2.28. The lowest BCUT2D eigenvalue weighted by Crippen LogP contribution is -2.18. The van der Waals surface area contributed by atoms with Gasteiger partial charge in [0.15, 0.2) is 0 Å². The SMILES string of the molecule is CCOC(=O)c1c(C)c2c(O)cccc2oc1=O. The minimum Gasteiger partial charge on any atom is -0.507 e. The third-order valence-corrected chi connectivity index (χ3v) is 2.64. The van der Waals surface area contributed by atoms with E-state index in [0.717, 1.165) is 0 Å². The number of aryl methyl sites for hydroxylation is 1. The maximum Gasteiger partial charge on any atom is 0.351 e. The smallest absolute Gasteiger partial charge is 0.351 e. The first-order chi connectivity index (χ1) is 8.56. The number of carbonyl (C=O) groups is 1. The Morgan fingerprint density at radius 2 is 2.17 bits per heavy atom. The van der Waals surface area contributed by atoms with Gasteiger partial charge in [0, 0.05) is 0 Å². The largest absolute Gasteiger partial charge is 0.507 e. The van der Waals surface area contributed by atoms with E-state index in [1.807, 2.05) is 0 Å². The van der Waals surface area contributed by atoms with Crippen LogP contribution in [0.5, 0.6) is 5.75 Å². The second kappa shape index (κ2) is 4.52. The summed E-state index contributed by atoms with van der Waals surface area (Å²) in [7, 11) is 0. The Labute approximate surface area is 103 Å². The van der Waals surface area contributed by atoms with E-state index in [0.29, 0.717) is 10.9 Å². The summed E-state index contributed by atoms with van der Waals surface area (Å²) in [5.41, 5.74) is -0.335.